The third kappa shape index (κ3) is 3.83. The maximum atomic E-state index is 5.99. The Labute approximate surface area is 121 Å². The SMILES string of the molecule is C#CC[C@H]1OC(C)(C)O[C@H](C)[C@H]1OCc1ccccc1. The average Bonchev–Trinajstić information content (AvgIpc) is 2.38. The third-order valence-corrected chi connectivity index (χ3v) is 3.34. The van der Waals surface area contributed by atoms with Crippen LogP contribution in [0.2, 0.25) is 0 Å². The summed E-state index contributed by atoms with van der Waals surface area (Å²) >= 11 is 0. The lowest BCUT2D eigenvalue weighted by Gasteiger charge is -2.44. The minimum atomic E-state index is -0.618. The zero-order valence-corrected chi connectivity index (χ0v) is 12.3. The van der Waals surface area contributed by atoms with Crippen LogP contribution < -0.4 is 0 Å². The summed E-state index contributed by atoms with van der Waals surface area (Å²) in [6.07, 6.45) is 5.62. The average molecular weight is 274 g/mol. The van der Waals surface area contributed by atoms with Crippen LogP contribution in [0.3, 0.4) is 0 Å². The molecule has 0 radical (unpaired) electrons. The zero-order valence-electron chi connectivity index (χ0n) is 12.3. The Morgan fingerprint density at radius 2 is 1.95 bits per heavy atom. The van der Waals surface area contributed by atoms with Crippen LogP contribution in [0.25, 0.3) is 0 Å². The van der Waals surface area contributed by atoms with E-state index in [0.29, 0.717) is 13.0 Å². The molecule has 1 aliphatic heterocycles. The first kappa shape index (κ1) is 15.1. The molecule has 2 rings (SSSR count). The van der Waals surface area contributed by atoms with Crippen molar-refractivity contribution in [2.75, 3.05) is 0 Å². The fraction of sp³-hybridized carbons (Fsp3) is 0.529. The first-order valence-corrected chi connectivity index (χ1v) is 6.96. The van der Waals surface area contributed by atoms with Gasteiger partial charge in [-0.25, -0.2) is 0 Å². The minimum absolute atomic E-state index is 0.0548. The molecule has 108 valence electrons. The lowest BCUT2D eigenvalue weighted by atomic mass is 10.0. The smallest absolute Gasteiger partial charge is 0.163 e. The second-order valence-corrected chi connectivity index (χ2v) is 5.55. The molecule has 1 aliphatic rings. The maximum Gasteiger partial charge on any atom is 0.163 e. The van der Waals surface area contributed by atoms with E-state index in [1.807, 2.05) is 51.1 Å². The van der Waals surface area contributed by atoms with Gasteiger partial charge in [0, 0.05) is 6.42 Å². The Morgan fingerprint density at radius 3 is 2.60 bits per heavy atom. The number of benzene rings is 1. The Balaban J connectivity index is 2.02. The van der Waals surface area contributed by atoms with Crippen molar-refractivity contribution in [1.29, 1.82) is 0 Å². The van der Waals surface area contributed by atoms with E-state index in [2.05, 4.69) is 5.92 Å². The van der Waals surface area contributed by atoms with Gasteiger partial charge < -0.3 is 14.2 Å². The first-order chi connectivity index (χ1) is 9.52. The Hall–Kier alpha value is -1.34. The largest absolute Gasteiger partial charge is 0.368 e. The van der Waals surface area contributed by atoms with Crippen LogP contribution in [-0.4, -0.2) is 24.1 Å². The summed E-state index contributed by atoms with van der Waals surface area (Å²) in [7, 11) is 0. The monoisotopic (exact) mass is 274 g/mol. The van der Waals surface area contributed by atoms with Gasteiger partial charge in [-0.05, 0) is 26.3 Å². The van der Waals surface area contributed by atoms with E-state index >= 15 is 0 Å². The summed E-state index contributed by atoms with van der Waals surface area (Å²) in [6, 6.07) is 10.1. The topological polar surface area (TPSA) is 27.7 Å². The summed E-state index contributed by atoms with van der Waals surface area (Å²) in [5.41, 5.74) is 1.13. The molecule has 1 saturated heterocycles. The van der Waals surface area contributed by atoms with E-state index in [1.165, 1.54) is 0 Å². The van der Waals surface area contributed by atoms with Gasteiger partial charge in [0.05, 0.1) is 12.7 Å². The van der Waals surface area contributed by atoms with Gasteiger partial charge in [0.2, 0.25) is 0 Å². The van der Waals surface area contributed by atoms with Crippen molar-refractivity contribution in [1.82, 2.24) is 0 Å². The Bertz CT molecular complexity index is 461. The summed E-state index contributed by atoms with van der Waals surface area (Å²) in [4.78, 5) is 0. The fourth-order valence-corrected chi connectivity index (χ4v) is 2.56. The van der Waals surface area contributed by atoms with Crippen molar-refractivity contribution in [3.05, 3.63) is 35.9 Å². The predicted molar refractivity (Wildman–Crippen MR) is 78.0 cm³/mol. The van der Waals surface area contributed by atoms with Crippen molar-refractivity contribution in [3.8, 4) is 12.3 Å². The van der Waals surface area contributed by atoms with Crippen LogP contribution in [0.1, 0.15) is 32.8 Å². The van der Waals surface area contributed by atoms with Gasteiger partial charge in [-0.2, -0.15) is 0 Å². The quantitative estimate of drug-likeness (QED) is 0.789. The molecule has 1 aromatic carbocycles. The van der Waals surface area contributed by atoms with Crippen LogP contribution >= 0.6 is 0 Å². The second-order valence-electron chi connectivity index (χ2n) is 5.55. The number of hydrogen-bond donors (Lipinski definition) is 0. The third-order valence-electron chi connectivity index (χ3n) is 3.34. The van der Waals surface area contributed by atoms with Gasteiger partial charge in [-0.15, -0.1) is 12.3 Å². The van der Waals surface area contributed by atoms with Crippen molar-refractivity contribution in [2.45, 2.75) is 57.9 Å². The highest BCUT2D eigenvalue weighted by molar-refractivity contribution is 5.13. The molecule has 1 aromatic rings. The normalized spacial score (nSPS) is 28.8. The fourth-order valence-electron chi connectivity index (χ4n) is 2.56. The second kappa shape index (κ2) is 6.41. The molecule has 3 nitrogen and oxygen atoms in total. The maximum absolute atomic E-state index is 5.99. The highest BCUT2D eigenvalue weighted by Gasteiger charge is 2.41. The number of hydrogen-bond acceptors (Lipinski definition) is 3. The van der Waals surface area contributed by atoms with Crippen molar-refractivity contribution in [3.63, 3.8) is 0 Å². The van der Waals surface area contributed by atoms with Crippen LogP contribution in [-0.2, 0) is 20.8 Å². The highest BCUT2D eigenvalue weighted by Crippen LogP contribution is 2.30. The standard InChI is InChI=1S/C17H22O3/c1-5-9-15-16(13(2)19-17(3,4)20-15)18-12-14-10-7-6-8-11-14/h1,6-8,10-11,13,15-16H,9,12H2,2-4H3/t13-,15-,16-/m1/s1. The number of ether oxygens (including phenoxy) is 3. The van der Waals surface area contributed by atoms with E-state index < -0.39 is 5.79 Å². The Morgan fingerprint density at radius 1 is 1.25 bits per heavy atom. The van der Waals surface area contributed by atoms with Crippen LogP contribution in [0.5, 0.6) is 0 Å². The van der Waals surface area contributed by atoms with E-state index in [9.17, 15) is 0 Å². The van der Waals surface area contributed by atoms with Gasteiger partial charge in [-0.1, -0.05) is 30.3 Å². The molecule has 3 atom stereocenters. The predicted octanol–water partition coefficient (Wildman–Crippen LogP) is 3.14. The number of rotatable bonds is 4. The molecule has 20 heavy (non-hydrogen) atoms. The number of terminal acetylenes is 1. The van der Waals surface area contributed by atoms with Crippen molar-refractivity contribution >= 4 is 0 Å². The summed E-state index contributed by atoms with van der Waals surface area (Å²) in [5.74, 6) is 2.05. The van der Waals surface area contributed by atoms with E-state index in [1.54, 1.807) is 0 Å². The Kier molecular flexibility index (Phi) is 4.82. The first-order valence-electron chi connectivity index (χ1n) is 6.96. The van der Waals surface area contributed by atoms with Crippen molar-refractivity contribution in [2.24, 2.45) is 0 Å². The summed E-state index contributed by atoms with van der Waals surface area (Å²) < 4.78 is 17.7. The van der Waals surface area contributed by atoms with Gasteiger partial charge in [0.25, 0.3) is 0 Å². The minimum Gasteiger partial charge on any atom is -0.368 e. The lowest BCUT2D eigenvalue weighted by molar-refractivity contribution is -0.334. The molecule has 0 bridgehead atoms. The molecular formula is C17H22O3. The molecule has 0 amide bonds. The zero-order chi connectivity index (χ0) is 14.6. The molecule has 0 unspecified atom stereocenters. The van der Waals surface area contributed by atoms with Crippen LogP contribution in [0.15, 0.2) is 30.3 Å². The molecule has 0 saturated carbocycles. The van der Waals surface area contributed by atoms with Crippen molar-refractivity contribution < 1.29 is 14.2 Å². The molecule has 0 spiro atoms. The molecule has 1 fully saturated rings. The van der Waals surface area contributed by atoms with Crippen LogP contribution in [0.4, 0.5) is 0 Å². The van der Waals surface area contributed by atoms with Gasteiger partial charge in [0.1, 0.15) is 12.2 Å². The lowest BCUT2D eigenvalue weighted by Crippen LogP contribution is -2.54. The van der Waals surface area contributed by atoms with Gasteiger partial charge in [0.15, 0.2) is 5.79 Å². The van der Waals surface area contributed by atoms with Gasteiger partial charge in [-0.3, -0.25) is 0 Å². The van der Waals surface area contributed by atoms with Gasteiger partial charge >= 0.3 is 0 Å². The van der Waals surface area contributed by atoms with E-state index in [-0.39, 0.29) is 18.3 Å². The molecule has 0 N–H and O–H groups in total. The summed E-state index contributed by atoms with van der Waals surface area (Å²) in [6.45, 7) is 6.34. The van der Waals surface area contributed by atoms with E-state index in [0.717, 1.165) is 5.56 Å². The molecule has 1 heterocycles. The van der Waals surface area contributed by atoms with Crippen LogP contribution in [0, 0.1) is 12.3 Å². The molecule has 0 aromatic heterocycles. The molecular weight excluding hydrogens is 252 g/mol. The highest BCUT2D eigenvalue weighted by atomic mass is 16.7. The van der Waals surface area contributed by atoms with E-state index in [4.69, 9.17) is 20.6 Å². The summed E-state index contributed by atoms with van der Waals surface area (Å²) in [5, 5.41) is 0. The molecule has 0 aliphatic carbocycles. The molecule has 3 heteroatoms.